The lowest BCUT2D eigenvalue weighted by molar-refractivity contribution is 0.0792. The molecule has 78 valence electrons. The van der Waals surface area contributed by atoms with Crippen LogP contribution in [-0.4, -0.2) is 18.2 Å². The first-order chi connectivity index (χ1) is 6.81. The highest BCUT2D eigenvalue weighted by molar-refractivity contribution is 6.16. The molecule has 0 unspecified atom stereocenters. The smallest absolute Gasteiger partial charge is 0.197 e. The van der Waals surface area contributed by atoms with Crippen molar-refractivity contribution < 1.29 is 9.15 Å². The molecule has 1 saturated heterocycles. The molecule has 0 saturated carbocycles. The molecule has 14 heavy (non-hydrogen) atoms. The van der Waals surface area contributed by atoms with E-state index < -0.39 is 0 Å². The fourth-order valence-electron chi connectivity index (χ4n) is 1.69. The summed E-state index contributed by atoms with van der Waals surface area (Å²) >= 11 is 5.74. The summed E-state index contributed by atoms with van der Waals surface area (Å²) in [5, 5.41) is 0. The molecular weight excluding hydrogens is 202 g/mol. The molecule has 1 aliphatic heterocycles. The Morgan fingerprint density at radius 1 is 1.43 bits per heavy atom. The van der Waals surface area contributed by atoms with Gasteiger partial charge in [0.1, 0.15) is 5.76 Å². The third-order valence-corrected chi connectivity index (χ3v) is 2.86. The van der Waals surface area contributed by atoms with Gasteiger partial charge in [0.25, 0.3) is 0 Å². The van der Waals surface area contributed by atoms with Crippen molar-refractivity contribution in [3.63, 3.8) is 0 Å². The monoisotopic (exact) mass is 215 g/mol. The summed E-state index contributed by atoms with van der Waals surface area (Å²) in [6.07, 6.45) is 2.00. The summed E-state index contributed by atoms with van der Waals surface area (Å²) in [5.41, 5.74) is 0.869. The van der Waals surface area contributed by atoms with Crippen LogP contribution in [0.5, 0.6) is 0 Å². The Bertz CT molecular complexity index is 305. The van der Waals surface area contributed by atoms with Gasteiger partial charge in [-0.25, -0.2) is 4.98 Å². The summed E-state index contributed by atoms with van der Waals surface area (Å²) in [7, 11) is 0. The van der Waals surface area contributed by atoms with E-state index in [0.29, 0.717) is 11.8 Å². The van der Waals surface area contributed by atoms with E-state index in [4.69, 9.17) is 20.8 Å². The largest absolute Gasteiger partial charge is 0.445 e. The maximum absolute atomic E-state index is 5.74. The molecule has 1 aromatic rings. The van der Waals surface area contributed by atoms with E-state index in [9.17, 15) is 0 Å². The van der Waals surface area contributed by atoms with Crippen LogP contribution in [0.3, 0.4) is 0 Å². The van der Waals surface area contributed by atoms with Gasteiger partial charge in [0.05, 0.1) is 11.6 Å². The second-order valence-electron chi connectivity index (χ2n) is 3.58. The van der Waals surface area contributed by atoms with Crippen molar-refractivity contribution >= 4 is 11.6 Å². The first-order valence-corrected chi connectivity index (χ1v) is 5.44. The topological polar surface area (TPSA) is 35.3 Å². The van der Waals surface area contributed by atoms with Crippen molar-refractivity contribution in [2.24, 2.45) is 0 Å². The lowest BCUT2D eigenvalue weighted by Crippen LogP contribution is -2.14. The van der Waals surface area contributed by atoms with Crippen molar-refractivity contribution in [3.8, 4) is 0 Å². The van der Waals surface area contributed by atoms with Crippen LogP contribution in [0.15, 0.2) is 4.42 Å². The second-order valence-corrected chi connectivity index (χ2v) is 3.84. The lowest BCUT2D eigenvalue weighted by atomic mass is 10.0. The molecule has 2 heterocycles. The Balaban J connectivity index is 2.14. The number of alkyl halides is 1. The number of oxazole rings is 1. The Hall–Kier alpha value is -0.540. The van der Waals surface area contributed by atoms with E-state index >= 15 is 0 Å². The normalized spacial score (nSPS) is 18.7. The first-order valence-electron chi connectivity index (χ1n) is 4.91. The zero-order valence-electron chi connectivity index (χ0n) is 8.25. The molecule has 0 bridgehead atoms. The Morgan fingerprint density at radius 3 is 2.71 bits per heavy atom. The number of rotatable bonds is 2. The van der Waals surface area contributed by atoms with Crippen molar-refractivity contribution in [2.75, 3.05) is 13.2 Å². The Morgan fingerprint density at radius 2 is 2.14 bits per heavy atom. The summed E-state index contributed by atoms with van der Waals surface area (Å²) in [6.45, 7) is 3.53. The maximum atomic E-state index is 5.74. The van der Waals surface area contributed by atoms with E-state index in [1.807, 2.05) is 6.92 Å². The summed E-state index contributed by atoms with van der Waals surface area (Å²) in [5.74, 6) is 2.53. The lowest BCUT2D eigenvalue weighted by Gasteiger charge is -2.18. The molecule has 1 fully saturated rings. The summed E-state index contributed by atoms with van der Waals surface area (Å²) in [6, 6.07) is 0. The van der Waals surface area contributed by atoms with Crippen molar-refractivity contribution in [1.82, 2.24) is 4.98 Å². The zero-order valence-corrected chi connectivity index (χ0v) is 9.01. The highest BCUT2D eigenvalue weighted by Gasteiger charge is 2.21. The molecule has 0 N–H and O–H groups in total. The Labute approximate surface area is 88.4 Å². The van der Waals surface area contributed by atoms with Gasteiger partial charge < -0.3 is 9.15 Å². The SMILES string of the molecule is Cc1oc(C2CCOCC2)nc1CCl. The number of nitrogens with zero attached hydrogens (tertiary/aromatic N) is 1. The van der Waals surface area contributed by atoms with Gasteiger partial charge in [-0.3, -0.25) is 0 Å². The van der Waals surface area contributed by atoms with Crippen LogP contribution in [0.1, 0.15) is 36.1 Å². The third-order valence-electron chi connectivity index (χ3n) is 2.61. The van der Waals surface area contributed by atoms with E-state index in [1.54, 1.807) is 0 Å². The molecule has 1 aromatic heterocycles. The number of hydrogen-bond donors (Lipinski definition) is 0. The van der Waals surface area contributed by atoms with Gasteiger partial charge in [0, 0.05) is 19.1 Å². The van der Waals surface area contributed by atoms with Gasteiger partial charge in [0.2, 0.25) is 0 Å². The van der Waals surface area contributed by atoms with Crippen molar-refractivity contribution in [2.45, 2.75) is 31.6 Å². The van der Waals surface area contributed by atoms with Crippen LogP contribution in [0.2, 0.25) is 0 Å². The number of halogens is 1. The maximum Gasteiger partial charge on any atom is 0.197 e. The number of aromatic nitrogens is 1. The standard InChI is InChI=1S/C10H14ClNO2/c1-7-9(6-11)12-10(14-7)8-2-4-13-5-3-8/h8H,2-6H2,1H3. The number of ether oxygens (including phenoxy) is 1. The second kappa shape index (κ2) is 4.32. The molecule has 2 rings (SSSR count). The van der Waals surface area contributed by atoms with Gasteiger partial charge in [-0.05, 0) is 19.8 Å². The van der Waals surface area contributed by atoms with E-state index in [0.717, 1.165) is 43.4 Å². The van der Waals surface area contributed by atoms with Crippen LogP contribution >= 0.6 is 11.6 Å². The Kier molecular flexibility index (Phi) is 3.08. The van der Waals surface area contributed by atoms with Crippen LogP contribution in [0.25, 0.3) is 0 Å². The predicted molar refractivity (Wildman–Crippen MR) is 53.6 cm³/mol. The molecule has 0 amide bonds. The minimum absolute atomic E-state index is 0.416. The quantitative estimate of drug-likeness (QED) is 0.712. The highest BCUT2D eigenvalue weighted by atomic mass is 35.5. The fourth-order valence-corrected chi connectivity index (χ4v) is 1.94. The third kappa shape index (κ3) is 1.93. The molecule has 0 aliphatic carbocycles. The van der Waals surface area contributed by atoms with Gasteiger partial charge in [-0.1, -0.05) is 0 Å². The minimum Gasteiger partial charge on any atom is -0.445 e. The molecule has 1 aliphatic rings. The molecule has 4 heteroatoms. The van der Waals surface area contributed by atoms with Crippen LogP contribution in [-0.2, 0) is 10.6 Å². The van der Waals surface area contributed by atoms with Gasteiger partial charge in [0.15, 0.2) is 5.89 Å². The van der Waals surface area contributed by atoms with Gasteiger partial charge >= 0.3 is 0 Å². The van der Waals surface area contributed by atoms with Crippen LogP contribution in [0.4, 0.5) is 0 Å². The van der Waals surface area contributed by atoms with Crippen molar-refractivity contribution in [1.29, 1.82) is 0 Å². The summed E-state index contributed by atoms with van der Waals surface area (Å²) in [4.78, 5) is 4.40. The predicted octanol–water partition coefficient (Wildman–Crippen LogP) is 2.62. The molecule has 0 atom stereocenters. The summed E-state index contributed by atoms with van der Waals surface area (Å²) < 4.78 is 10.9. The molecule has 0 aromatic carbocycles. The van der Waals surface area contributed by atoms with E-state index in [-0.39, 0.29) is 0 Å². The molecule has 3 nitrogen and oxygen atoms in total. The van der Waals surface area contributed by atoms with Crippen LogP contribution < -0.4 is 0 Å². The molecular formula is C10H14ClNO2. The first kappa shape index (κ1) is 9.99. The number of hydrogen-bond acceptors (Lipinski definition) is 3. The van der Waals surface area contributed by atoms with Crippen LogP contribution in [0, 0.1) is 6.92 Å². The minimum atomic E-state index is 0.416. The van der Waals surface area contributed by atoms with Crippen molar-refractivity contribution in [3.05, 3.63) is 17.3 Å². The fraction of sp³-hybridized carbons (Fsp3) is 0.700. The van der Waals surface area contributed by atoms with Gasteiger partial charge in [-0.15, -0.1) is 11.6 Å². The van der Waals surface area contributed by atoms with Gasteiger partial charge in [-0.2, -0.15) is 0 Å². The average molecular weight is 216 g/mol. The van der Waals surface area contributed by atoms with E-state index in [1.165, 1.54) is 0 Å². The molecule has 0 radical (unpaired) electrons. The average Bonchev–Trinajstić information content (AvgIpc) is 2.61. The highest BCUT2D eigenvalue weighted by Crippen LogP contribution is 2.27. The number of aryl methyl sites for hydroxylation is 1. The molecule has 0 spiro atoms. The van der Waals surface area contributed by atoms with E-state index in [2.05, 4.69) is 4.98 Å². The zero-order chi connectivity index (χ0) is 9.97.